The molecule has 204 valence electrons. The van der Waals surface area contributed by atoms with Crippen molar-refractivity contribution < 1.29 is 39.2 Å². The van der Waals surface area contributed by atoms with E-state index in [0.717, 1.165) is 0 Å². The van der Waals surface area contributed by atoms with Crippen molar-refractivity contribution >= 4 is 17.7 Å². The largest absolute Gasteiger partial charge is 0.454 e. The predicted octanol–water partition coefficient (Wildman–Crippen LogP) is 2.65. The minimum absolute atomic E-state index is 0.125. The van der Waals surface area contributed by atoms with Gasteiger partial charge in [-0.15, -0.1) is 0 Å². The molecule has 0 heterocycles. The number of carbonyl (C=O) groups excluding carboxylic acids is 3. The average molecular weight is 517 g/mol. The molecule has 0 amide bonds. The van der Waals surface area contributed by atoms with Gasteiger partial charge in [-0.25, -0.2) is 4.79 Å². The number of rotatable bonds is 5. The number of aliphatic hydroxyl groups is 3. The Morgan fingerprint density at radius 3 is 2.38 bits per heavy atom. The van der Waals surface area contributed by atoms with Crippen molar-refractivity contribution in [1.82, 2.24) is 0 Å². The van der Waals surface area contributed by atoms with Gasteiger partial charge in [-0.2, -0.15) is 0 Å². The van der Waals surface area contributed by atoms with Crippen LogP contribution in [0.4, 0.5) is 0 Å². The Morgan fingerprint density at radius 1 is 1.22 bits per heavy atom. The highest BCUT2D eigenvalue weighted by Gasteiger charge is 2.88. The normalized spacial score (nSPS) is 42.1. The van der Waals surface area contributed by atoms with Crippen molar-refractivity contribution in [2.24, 2.45) is 35.0 Å². The van der Waals surface area contributed by atoms with Gasteiger partial charge < -0.3 is 24.8 Å². The van der Waals surface area contributed by atoms with Gasteiger partial charge in [0.25, 0.3) is 0 Å². The molecule has 0 aromatic carbocycles. The zero-order valence-corrected chi connectivity index (χ0v) is 23.0. The number of aliphatic hydroxyl groups excluding tert-OH is 1. The first-order valence-corrected chi connectivity index (χ1v) is 13.1. The van der Waals surface area contributed by atoms with Gasteiger partial charge in [-0.3, -0.25) is 9.59 Å². The molecule has 0 radical (unpaired) electrons. The summed E-state index contributed by atoms with van der Waals surface area (Å²) in [5, 5.41) is 34.6. The highest BCUT2D eigenvalue weighted by molar-refractivity contribution is 6.04. The van der Waals surface area contributed by atoms with Gasteiger partial charge in [0.05, 0.1) is 18.1 Å². The Hall–Kier alpha value is -2.29. The number of hydrogen-bond acceptors (Lipinski definition) is 8. The minimum Gasteiger partial charge on any atom is -0.454 e. The first-order chi connectivity index (χ1) is 17.0. The molecule has 0 spiro atoms. The maximum atomic E-state index is 13.2. The molecule has 0 unspecified atom stereocenters. The lowest BCUT2D eigenvalue weighted by Gasteiger charge is -2.53. The van der Waals surface area contributed by atoms with Crippen LogP contribution in [0, 0.1) is 35.0 Å². The molecule has 2 saturated carbocycles. The summed E-state index contributed by atoms with van der Waals surface area (Å²) in [4.78, 5) is 39.3. The number of esters is 2. The topological polar surface area (TPSA) is 130 Å². The number of ether oxygens (including phenoxy) is 2. The quantitative estimate of drug-likeness (QED) is 0.289. The molecule has 37 heavy (non-hydrogen) atoms. The highest BCUT2D eigenvalue weighted by atomic mass is 16.6. The summed E-state index contributed by atoms with van der Waals surface area (Å²) < 4.78 is 12.3. The monoisotopic (exact) mass is 516 g/mol. The van der Waals surface area contributed by atoms with Crippen molar-refractivity contribution in [1.29, 1.82) is 0 Å². The van der Waals surface area contributed by atoms with Crippen LogP contribution in [0.1, 0.15) is 61.8 Å². The zero-order valence-electron chi connectivity index (χ0n) is 23.0. The molecule has 3 N–H and O–H groups in total. The third kappa shape index (κ3) is 3.48. The van der Waals surface area contributed by atoms with E-state index in [4.69, 9.17) is 9.47 Å². The molecular formula is C29H40O8. The molecule has 8 atom stereocenters. The minimum atomic E-state index is -1.95. The standard InChI is InChI=1S/C29H40O8/c1-9-15(4)25(33)36-23-17(6)28(35)19(21-26(7,8)29(21,23)37-24(32)14(2)3)11-18(13-30)12-27(34)20(28)10-16(5)22(27)31/h9-11,14,17,19-21,23,30,34-35H,12-13H2,1-8H3/b15-9+/t17-,19+,20+,21+,23+,27+,28+,29-/m1/s1. The van der Waals surface area contributed by atoms with E-state index in [1.807, 2.05) is 13.8 Å². The van der Waals surface area contributed by atoms with E-state index in [9.17, 15) is 29.7 Å². The van der Waals surface area contributed by atoms with Crippen molar-refractivity contribution in [3.8, 4) is 0 Å². The SMILES string of the molecule is C/C=C(\C)C(=O)O[C@H]1[C@@H](C)[C@@]2(O)[C@H]3C=C(C)C(=O)[C@]3(O)CC(CO)=C[C@H]2[C@H]2C(C)(C)[C@]12OC(=O)C(C)C. The first-order valence-electron chi connectivity index (χ1n) is 13.1. The fourth-order valence-corrected chi connectivity index (χ4v) is 7.43. The smallest absolute Gasteiger partial charge is 0.333 e. The Balaban J connectivity index is 1.96. The Kier molecular flexibility index (Phi) is 6.46. The van der Waals surface area contributed by atoms with Crippen LogP contribution in [-0.4, -0.2) is 62.6 Å². The van der Waals surface area contributed by atoms with Crippen LogP contribution < -0.4 is 0 Å². The molecule has 0 aromatic rings. The third-order valence-electron chi connectivity index (χ3n) is 9.69. The third-order valence-corrected chi connectivity index (χ3v) is 9.69. The van der Waals surface area contributed by atoms with Gasteiger partial charge in [-0.1, -0.05) is 52.8 Å². The van der Waals surface area contributed by atoms with Crippen LogP contribution >= 0.6 is 0 Å². The number of allylic oxidation sites excluding steroid dienone is 1. The van der Waals surface area contributed by atoms with Crippen LogP contribution in [0.25, 0.3) is 0 Å². The molecule has 0 bridgehead atoms. The van der Waals surface area contributed by atoms with Crippen LogP contribution in [0.15, 0.2) is 34.9 Å². The number of carbonyl (C=O) groups is 3. The molecule has 4 aliphatic carbocycles. The van der Waals surface area contributed by atoms with E-state index in [1.54, 1.807) is 59.8 Å². The molecule has 0 saturated heterocycles. The van der Waals surface area contributed by atoms with Crippen molar-refractivity contribution in [3.63, 3.8) is 0 Å². The van der Waals surface area contributed by atoms with Crippen LogP contribution in [0.2, 0.25) is 0 Å². The molecule has 8 nitrogen and oxygen atoms in total. The van der Waals surface area contributed by atoms with Crippen molar-refractivity contribution in [2.45, 2.75) is 84.7 Å². The van der Waals surface area contributed by atoms with Gasteiger partial charge in [0, 0.05) is 41.1 Å². The van der Waals surface area contributed by atoms with Gasteiger partial charge in [-0.05, 0) is 31.9 Å². The summed E-state index contributed by atoms with van der Waals surface area (Å²) >= 11 is 0. The Bertz CT molecular complexity index is 1130. The fourth-order valence-electron chi connectivity index (χ4n) is 7.43. The van der Waals surface area contributed by atoms with Crippen LogP contribution in [0.3, 0.4) is 0 Å². The predicted molar refractivity (Wildman–Crippen MR) is 135 cm³/mol. The van der Waals surface area contributed by atoms with Crippen molar-refractivity contribution in [2.75, 3.05) is 6.61 Å². The number of ketones is 1. The summed E-state index contributed by atoms with van der Waals surface area (Å²) in [6.07, 6.45) is 3.81. The first kappa shape index (κ1) is 27.7. The average Bonchev–Trinajstić information content (AvgIpc) is 3.26. The summed E-state index contributed by atoms with van der Waals surface area (Å²) in [5.74, 6) is -5.00. The lowest BCUT2D eigenvalue weighted by molar-refractivity contribution is -0.228. The van der Waals surface area contributed by atoms with Gasteiger partial charge >= 0.3 is 11.9 Å². The molecule has 8 heteroatoms. The van der Waals surface area contributed by atoms with E-state index in [1.165, 1.54) is 0 Å². The molecule has 2 fully saturated rings. The Morgan fingerprint density at radius 2 is 1.84 bits per heavy atom. The summed E-state index contributed by atoms with van der Waals surface area (Å²) in [6.45, 7) is 13.5. The molecular weight excluding hydrogens is 476 g/mol. The van der Waals surface area contributed by atoms with Gasteiger partial charge in [0.2, 0.25) is 0 Å². The van der Waals surface area contributed by atoms with Gasteiger partial charge in [0.15, 0.2) is 11.4 Å². The van der Waals surface area contributed by atoms with Gasteiger partial charge in [0.1, 0.15) is 11.7 Å². The molecule has 4 rings (SSSR count). The van der Waals surface area contributed by atoms with E-state index >= 15 is 0 Å². The lowest BCUT2D eigenvalue weighted by atomic mass is 9.59. The van der Waals surface area contributed by atoms with E-state index in [-0.39, 0.29) is 6.42 Å². The van der Waals surface area contributed by atoms with E-state index in [2.05, 4.69) is 0 Å². The fraction of sp³-hybridized carbons (Fsp3) is 0.690. The maximum absolute atomic E-state index is 13.2. The lowest BCUT2D eigenvalue weighted by Crippen LogP contribution is -2.66. The molecule has 4 aliphatic rings. The van der Waals surface area contributed by atoms with E-state index < -0.39 is 82.2 Å². The molecule has 0 aromatic heterocycles. The highest BCUT2D eigenvalue weighted by Crippen LogP contribution is 2.77. The zero-order chi connectivity index (χ0) is 27.9. The molecule has 0 aliphatic heterocycles. The summed E-state index contributed by atoms with van der Waals surface area (Å²) in [5.41, 5.74) is -4.51. The van der Waals surface area contributed by atoms with Crippen LogP contribution in [-0.2, 0) is 23.9 Å². The maximum Gasteiger partial charge on any atom is 0.333 e. The van der Waals surface area contributed by atoms with Crippen LogP contribution in [0.5, 0.6) is 0 Å². The van der Waals surface area contributed by atoms with Crippen molar-refractivity contribution in [3.05, 3.63) is 34.9 Å². The summed E-state index contributed by atoms with van der Waals surface area (Å²) in [6, 6.07) is 0. The number of fused-ring (bicyclic) bond motifs is 5. The van der Waals surface area contributed by atoms with E-state index in [0.29, 0.717) is 16.7 Å². The summed E-state index contributed by atoms with van der Waals surface area (Å²) in [7, 11) is 0. The second-order valence-electron chi connectivity index (χ2n) is 12.3. The Labute approximate surface area is 218 Å². The second-order valence-corrected chi connectivity index (χ2v) is 12.3. The number of Topliss-reactive ketones (excluding diaryl/α,β-unsaturated/α-hetero) is 1. The number of hydrogen-bond donors (Lipinski definition) is 3. The second kappa shape index (κ2) is 8.61.